The maximum atomic E-state index is 10.9. The van der Waals surface area contributed by atoms with Gasteiger partial charge in [-0.3, -0.25) is 4.79 Å². The molecule has 1 saturated carbocycles. The highest BCUT2D eigenvalue weighted by atomic mass is 16.1. The predicted molar refractivity (Wildman–Crippen MR) is 49.6 cm³/mol. The van der Waals surface area contributed by atoms with Gasteiger partial charge in [0.05, 0.1) is 6.54 Å². The summed E-state index contributed by atoms with van der Waals surface area (Å²) in [5.74, 6) is 0.856. The number of nitrogens with two attached hydrogens (primary N) is 1. The second-order valence-corrected chi connectivity index (χ2v) is 3.58. The Labute approximate surface area is 74.5 Å². The van der Waals surface area contributed by atoms with Crippen LogP contribution in [0.15, 0.2) is 0 Å². The highest BCUT2D eigenvalue weighted by molar-refractivity contribution is 5.81. The SMILES string of the molecule is NCC(=O)C[CH]C1CCCCC1. The Morgan fingerprint density at radius 3 is 2.58 bits per heavy atom. The van der Waals surface area contributed by atoms with Crippen molar-refractivity contribution in [2.75, 3.05) is 6.54 Å². The van der Waals surface area contributed by atoms with Crippen LogP contribution in [0.5, 0.6) is 0 Å². The van der Waals surface area contributed by atoms with Gasteiger partial charge in [-0.1, -0.05) is 32.1 Å². The number of hydrogen-bond donors (Lipinski definition) is 1. The fourth-order valence-electron chi connectivity index (χ4n) is 1.75. The van der Waals surface area contributed by atoms with E-state index in [4.69, 9.17) is 5.73 Å². The molecule has 2 nitrogen and oxygen atoms in total. The van der Waals surface area contributed by atoms with Gasteiger partial charge in [0.25, 0.3) is 0 Å². The molecule has 0 heterocycles. The second-order valence-electron chi connectivity index (χ2n) is 3.58. The molecule has 0 aromatic rings. The zero-order chi connectivity index (χ0) is 8.81. The van der Waals surface area contributed by atoms with Crippen molar-refractivity contribution in [1.29, 1.82) is 0 Å². The van der Waals surface area contributed by atoms with Crippen molar-refractivity contribution in [3.63, 3.8) is 0 Å². The average Bonchev–Trinajstić information content (AvgIpc) is 2.16. The number of carbonyl (C=O) groups excluding carboxylic acids is 1. The van der Waals surface area contributed by atoms with E-state index in [-0.39, 0.29) is 12.3 Å². The summed E-state index contributed by atoms with van der Waals surface area (Å²) in [5.41, 5.74) is 5.22. The molecule has 0 atom stereocenters. The molecule has 2 N–H and O–H groups in total. The van der Waals surface area contributed by atoms with Crippen molar-refractivity contribution in [1.82, 2.24) is 0 Å². The van der Waals surface area contributed by atoms with Gasteiger partial charge in [0.1, 0.15) is 5.78 Å². The Morgan fingerprint density at radius 1 is 1.33 bits per heavy atom. The maximum absolute atomic E-state index is 10.9. The van der Waals surface area contributed by atoms with E-state index in [0.29, 0.717) is 12.3 Å². The molecule has 0 amide bonds. The first kappa shape index (κ1) is 9.72. The minimum Gasteiger partial charge on any atom is -0.324 e. The summed E-state index contributed by atoms with van der Waals surface area (Å²) in [4.78, 5) is 10.9. The first-order chi connectivity index (χ1) is 5.83. The molecule has 0 unspecified atom stereocenters. The van der Waals surface area contributed by atoms with Gasteiger partial charge >= 0.3 is 0 Å². The molecule has 2 heteroatoms. The molecule has 0 aromatic heterocycles. The molecule has 0 spiro atoms. The van der Waals surface area contributed by atoms with Crippen molar-refractivity contribution >= 4 is 5.78 Å². The highest BCUT2D eigenvalue weighted by Crippen LogP contribution is 2.26. The third-order valence-electron chi connectivity index (χ3n) is 2.56. The van der Waals surface area contributed by atoms with Crippen molar-refractivity contribution in [2.24, 2.45) is 11.7 Å². The topological polar surface area (TPSA) is 43.1 Å². The number of ketones is 1. The van der Waals surface area contributed by atoms with Gasteiger partial charge in [0.15, 0.2) is 0 Å². The van der Waals surface area contributed by atoms with Gasteiger partial charge in [-0.15, -0.1) is 0 Å². The zero-order valence-electron chi connectivity index (χ0n) is 7.59. The minimum atomic E-state index is 0.167. The predicted octanol–water partition coefficient (Wildman–Crippen LogP) is 1.69. The van der Waals surface area contributed by atoms with Gasteiger partial charge in [-0.25, -0.2) is 0 Å². The van der Waals surface area contributed by atoms with Crippen molar-refractivity contribution in [2.45, 2.75) is 38.5 Å². The zero-order valence-corrected chi connectivity index (χ0v) is 7.59. The lowest BCUT2D eigenvalue weighted by molar-refractivity contribution is -0.117. The fraction of sp³-hybridized carbons (Fsp3) is 0.800. The number of rotatable bonds is 4. The summed E-state index contributed by atoms with van der Waals surface area (Å²) in [7, 11) is 0. The monoisotopic (exact) mass is 168 g/mol. The van der Waals surface area contributed by atoms with Gasteiger partial charge in [-0.05, 0) is 12.3 Å². The number of Topliss-reactive ketones (excluding diaryl/α,β-unsaturated/α-hetero) is 1. The second kappa shape index (κ2) is 5.31. The standard InChI is InChI=1S/C10H18NO/c11-8-10(12)7-6-9-4-2-1-3-5-9/h6,9H,1-5,7-8,11H2. The molecule has 0 aromatic carbocycles. The molecule has 69 valence electrons. The summed E-state index contributed by atoms with van der Waals surface area (Å²) in [6.07, 6.45) is 9.33. The quantitative estimate of drug-likeness (QED) is 0.694. The Balaban J connectivity index is 2.09. The molecule has 0 bridgehead atoms. The van der Waals surface area contributed by atoms with Crippen LogP contribution >= 0.6 is 0 Å². The lowest BCUT2D eigenvalue weighted by atomic mass is 9.86. The molecule has 1 rings (SSSR count). The molecule has 12 heavy (non-hydrogen) atoms. The minimum absolute atomic E-state index is 0.167. The molecular weight excluding hydrogens is 150 g/mol. The van der Waals surface area contributed by atoms with E-state index in [1.165, 1.54) is 32.1 Å². The Bertz CT molecular complexity index is 139. The van der Waals surface area contributed by atoms with Crippen molar-refractivity contribution < 1.29 is 4.79 Å². The van der Waals surface area contributed by atoms with Gasteiger partial charge in [0, 0.05) is 6.42 Å². The summed E-state index contributed by atoms with van der Waals surface area (Å²) in [5, 5.41) is 0. The normalized spacial score (nSPS) is 19.4. The van der Waals surface area contributed by atoms with Crippen LogP contribution in [0.4, 0.5) is 0 Å². The average molecular weight is 168 g/mol. The van der Waals surface area contributed by atoms with Gasteiger partial charge in [-0.2, -0.15) is 0 Å². The van der Waals surface area contributed by atoms with Crippen molar-refractivity contribution in [3.05, 3.63) is 6.42 Å². The Kier molecular flexibility index (Phi) is 4.30. The summed E-state index contributed by atoms with van der Waals surface area (Å²) >= 11 is 0. The first-order valence-corrected chi connectivity index (χ1v) is 4.88. The molecule has 0 aliphatic heterocycles. The molecule has 1 fully saturated rings. The first-order valence-electron chi connectivity index (χ1n) is 4.88. The Morgan fingerprint density at radius 2 is 2.00 bits per heavy atom. The van der Waals surface area contributed by atoms with Crippen LogP contribution < -0.4 is 5.73 Å². The third-order valence-corrected chi connectivity index (χ3v) is 2.56. The lowest BCUT2D eigenvalue weighted by Crippen LogP contribution is -2.16. The highest BCUT2D eigenvalue weighted by Gasteiger charge is 2.14. The van der Waals surface area contributed by atoms with Crippen LogP contribution in [-0.2, 0) is 4.79 Å². The van der Waals surface area contributed by atoms with E-state index in [9.17, 15) is 4.79 Å². The molecule has 1 radical (unpaired) electrons. The van der Waals surface area contributed by atoms with Crippen LogP contribution in [0.1, 0.15) is 38.5 Å². The summed E-state index contributed by atoms with van der Waals surface area (Å²) in [6.45, 7) is 0.198. The van der Waals surface area contributed by atoms with Gasteiger partial charge in [0.2, 0.25) is 0 Å². The summed E-state index contributed by atoms with van der Waals surface area (Å²) < 4.78 is 0. The van der Waals surface area contributed by atoms with Crippen LogP contribution in [-0.4, -0.2) is 12.3 Å². The molecular formula is C10H18NO. The maximum Gasteiger partial charge on any atom is 0.146 e. The molecule has 1 aliphatic rings. The van der Waals surface area contributed by atoms with E-state index in [1.54, 1.807) is 0 Å². The van der Waals surface area contributed by atoms with E-state index in [0.717, 1.165) is 0 Å². The smallest absolute Gasteiger partial charge is 0.146 e. The van der Waals surface area contributed by atoms with Crippen LogP contribution in [0.25, 0.3) is 0 Å². The van der Waals surface area contributed by atoms with Gasteiger partial charge < -0.3 is 5.73 Å². The van der Waals surface area contributed by atoms with E-state index >= 15 is 0 Å². The van der Waals surface area contributed by atoms with E-state index in [2.05, 4.69) is 6.42 Å². The molecule has 0 saturated heterocycles. The summed E-state index contributed by atoms with van der Waals surface area (Å²) in [6, 6.07) is 0. The van der Waals surface area contributed by atoms with E-state index in [1.807, 2.05) is 0 Å². The van der Waals surface area contributed by atoms with Crippen LogP contribution in [0.3, 0.4) is 0 Å². The lowest BCUT2D eigenvalue weighted by Gasteiger charge is -2.20. The molecule has 1 aliphatic carbocycles. The van der Waals surface area contributed by atoms with E-state index < -0.39 is 0 Å². The third kappa shape index (κ3) is 3.35. The Hall–Kier alpha value is -0.370. The number of carbonyl (C=O) groups is 1. The number of hydrogen-bond acceptors (Lipinski definition) is 2. The van der Waals surface area contributed by atoms with Crippen molar-refractivity contribution in [3.8, 4) is 0 Å². The van der Waals surface area contributed by atoms with Crippen LogP contribution in [0.2, 0.25) is 0 Å². The van der Waals surface area contributed by atoms with Crippen LogP contribution in [0, 0.1) is 12.3 Å². The fourth-order valence-corrected chi connectivity index (χ4v) is 1.75. The largest absolute Gasteiger partial charge is 0.324 e.